The first-order chi connectivity index (χ1) is 17.0. The summed E-state index contributed by atoms with van der Waals surface area (Å²) in [6, 6.07) is 16.5. The van der Waals surface area contributed by atoms with Crippen molar-refractivity contribution >= 4 is 33.6 Å². The van der Waals surface area contributed by atoms with Crippen LogP contribution in [0.15, 0.2) is 60.9 Å². The number of aromatic nitrogens is 2. The fourth-order valence-corrected chi connectivity index (χ4v) is 5.94. The Balaban J connectivity index is 1.59. The van der Waals surface area contributed by atoms with Crippen LogP contribution in [0.5, 0.6) is 0 Å². The zero-order chi connectivity index (χ0) is 24.1. The molecule has 2 amide bonds. The summed E-state index contributed by atoms with van der Waals surface area (Å²) in [4.78, 5) is 28.8. The highest BCUT2D eigenvalue weighted by Gasteiger charge is 2.46. The number of rotatable bonds is 2. The van der Waals surface area contributed by atoms with Crippen LogP contribution in [0.25, 0.3) is 21.8 Å². The lowest BCUT2D eigenvalue weighted by atomic mass is 9.83. The first-order valence-electron chi connectivity index (χ1n) is 12.3. The van der Waals surface area contributed by atoms with Gasteiger partial charge in [0, 0.05) is 59.9 Å². The highest BCUT2D eigenvalue weighted by molar-refractivity contribution is 6.13. The fraction of sp³-hybridized carbons (Fsp3) is 0.357. The van der Waals surface area contributed by atoms with E-state index in [1.165, 1.54) is 0 Å². The summed E-state index contributed by atoms with van der Waals surface area (Å²) < 4.78 is 10.5. The molecule has 0 unspecified atom stereocenters. The largest absolute Gasteiger partial charge is 0.380 e. The molecule has 7 heteroatoms. The standard InChI is InChI=1S/C28H30N4O3/c1-30(2)15-18-11-13-35-14-12-31-16-21(19-7-3-5-9-23(19)31)25-26(28(34)29-27(25)33)22-17-32(18)24-10-6-4-8-20(22)24/h3-10,16-18,25-26H,11-15H2,1-2H3,(H,29,33,34)/t18-,25-,26+/m0/s1. The lowest BCUT2D eigenvalue weighted by molar-refractivity contribution is -0.125. The van der Waals surface area contributed by atoms with Crippen molar-refractivity contribution in [3.8, 4) is 0 Å². The number of nitrogens with zero attached hydrogens (tertiary/aromatic N) is 3. The first-order valence-corrected chi connectivity index (χ1v) is 12.3. The molecular formula is C28H30N4O3. The van der Waals surface area contributed by atoms with Crippen LogP contribution >= 0.6 is 0 Å². The summed E-state index contributed by atoms with van der Waals surface area (Å²) in [7, 11) is 4.15. The van der Waals surface area contributed by atoms with Crippen LogP contribution in [-0.4, -0.2) is 59.7 Å². The second-order valence-electron chi connectivity index (χ2n) is 9.93. The molecule has 0 saturated carbocycles. The minimum atomic E-state index is -0.580. The summed E-state index contributed by atoms with van der Waals surface area (Å²) in [6.07, 6.45) is 5.01. The molecule has 0 aliphatic carbocycles. The number of hydrogen-bond acceptors (Lipinski definition) is 4. The lowest BCUT2D eigenvalue weighted by Crippen LogP contribution is -2.25. The average molecular weight is 471 g/mol. The van der Waals surface area contributed by atoms with E-state index in [0.29, 0.717) is 19.8 Å². The molecular weight excluding hydrogens is 440 g/mol. The highest BCUT2D eigenvalue weighted by Crippen LogP contribution is 2.44. The Kier molecular flexibility index (Phi) is 5.46. The third-order valence-electron chi connectivity index (χ3n) is 7.45. The van der Waals surface area contributed by atoms with E-state index in [2.05, 4.69) is 57.8 Å². The third-order valence-corrected chi connectivity index (χ3v) is 7.45. The summed E-state index contributed by atoms with van der Waals surface area (Å²) in [6.45, 7) is 2.78. The van der Waals surface area contributed by atoms with E-state index in [4.69, 9.17) is 4.74 Å². The number of benzene rings is 2. The van der Waals surface area contributed by atoms with Gasteiger partial charge in [-0.25, -0.2) is 0 Å². The van der Waals surface area contributed by atoms with E-state index < -0.39 is 11.8 Å². The molecule has 1 N–H and O–H groups in total. The second-order valence-corrected chi connectivity index (χ2v) is 9.93. The number of para-hydroxylation sites is 2. The predicted octanol–water partition coefficient (Wildman–Crippen LogP) is 3.64. The monoisotopic (exact) mass is 470 g/mol. The Hall–Kier alpha value is -3.42. The quantitative estimate of drug-likeness (QED) is 0.454. The number of carbonyl (C=O) groups is 2. The Bertz CT molecular complexity index is 1430. The first kappa shape index (κ1) is 22.1. The van der Waals surface area contributed by atoms with Gasteiger partial charge < -0.3 is 18.8 Å². The van der Waals surface area contributed by atoms with Gasteiger partial charge >= 0.3 is 0 Å². The summed E-state index contributed by atoms with van der Waals surface area (Å²) >= 11 is 0. The van der Waals surface area contributed by atoms with Crippen molar-refractivity contribution in [1.82, 2.24) is 19.4 Å². The SMILES string of the molecule is CN(C)C[C@@H]1CCOCCn2cc(c3ccccc32)[C@@H]2C(=O)NC(=O)[C@@H]2c2cn1c1ccccc21. The van der Waals surface area contributed by atoms with Crippen molar-refractivity contribution in [1.29, 1.82) is 0 Å². The normalized spacial score (nSPS) is 23.0. The number of ether oxygens (including phenoxy) is 1. The lowest BCUT2D eigenvalue weighted by Gasteiger charge is -2.24. The summed E-state index contributed by atoms with van der Waals surface area (Å²) in [5.74, 6) is -1.61. The van der Waals surface area contributed by atoms with E-state index in [1.807, 2.05) is 36.5 Å². The van der Waals surface area contributed by atoms with Crippen LogP contribution in [0.4, 0.5) is 0 Å². The number of likely N-dealkylation sites (N-methyl/N-ethyl adjacent to an activating group) is 1. The number of imide groups is 1. The molecule has 2 aromatic heterocycles. The van der Waals surface area contributed by atoms with Crippen molar-refractivity contribution in [2.75, 3.05) is 33.9 Å². The van der Waals surface area contributed by atoms with E-state index in [0.717, 1.165) is 45.9 Å². The Morgan fingerprint density at radius 2 is 1.51 bits per heavy atom. The van der Waals surface area contributed by atoms with E-state index >= 15 is 0 Å². The molecule has 4 bridgehead atoms. The Morgan fingerprint density at radius 1 is 0.886 bits per heavy atom. The van der Waals surface area contributed by atoms with Gasteiger partial charge in [0.15, 0.2) is 0 Å². The number of nitrogens with one attached hydrogen (secondary N) is 1. The van der Waals surface area contributed by atoms with Crippen molar-refractivity contribution in [3.63, 3.8) is 0 Å². The fourth-order valence-electron chi connectivity index (χ4n) is 5.94. The Labute approximate surface area is 204 Å². The molecule has 7 nitrogen and oxygen atoms in total. The number of fused-ring (bicyclic) bond motifs is 13. The molecule has 0 spiro atoms. The Morgan fingerprint density at radius 3 is 2.23 bits per heavy atom. The topological polar surface area (TPSA) is 68.5 Å². The van der Waals surface area contributed by atoms with E-state index in [9.17, 15) is 9.59 Å². The smallest absolute Gasteiger partial charge is 0.235 e. The van der Waals surface area contributed by atoms with Crippen LogP contribution in [0, 0.1) is 0 Å². The summed E-state index contributed by atoms with van der Waals surface area (Å²) in [5, 5.41) is 4.69. The molecule has 2 aliphatic heterocycles. The van der Waals surface area contributed by atoms with Crippen molar-refractivity contribution in [2.24, 2.45) is 0 Å². The van der Waals surface area contributed by atoms with Crippen LogP contribution in [0.2, 0.25) is 0 Å². The molecule has 2 aromatic carbocycles. The molecule has 6 rings (SSSR count). The van der Waals surface area contributed by atoms with Crippen molar-refractivity contribution in [3.05, 3.63) is 72.1 Å². The molecule has 35 heavy (non-hydrogen) atoms. The molecule has 2 aliphatic rings. The van der Waals surface area contributed by atoms with Crippen LogP contribution in [-0.2, 0) is 20.9 Å². The molecule has 1 saturated heterocycles. The zero-order valence-electron chi connectivity index (χ0n) is 20.1. The van der Waals surface area contributed by atoms with Crippen LogP contribution in [0.3, 0.4) is 0 Å². The molecule has 4 aromatic rings. The average Bonchev–Trinajstić information content (AvgIpc) is 3.48. The van der Waals surface area contributed by atoms with Crippen LogP contribution < -0.4 is 5.32 Å². The van der Waals surface area contributed by atoms with Gasteiger partial charge in [-0.1, -0.05) is 36.4 Å². The third kappa shape index (κ3) is 3.66. The molecule has 3 atom stereocenters. The van der Waals surface area contributed by atoms with Gasteiger partial charge in [-0.2, -0.15) is 0 Å². The second kappa shape index (κ2) is 8.66. The minimum absolute atomic E-state index is 0.179. The van der Waals surface area contributed by atoms with Gasteiger partial charge in [0.05, 0.1) is 18.4 Å². The molecule has 180 valence electrons. The van der Waals surface area contributed by atoms with Gasteiger partial charge in [-0.15, -0.1) is 0 Å². The maximum Gasteiger partial charge on any atom is 0.235 e. The van der Waals surface area contributed by atoms with Gasteiger partial charge in [-0.05, 0) is 43.8 Å². The van der Waals surface area contributed by atoms with Gasteiger partial charge in [0.25, 0.3) is 0 Å². The van der Waals surface area contributed by atoms with Crippen LogP contribution in [0.1, 0.15) is 35.4 Å². The summed E-state index contributed by atoms with van der Waals surface area (Å²) in [5.41, 5.74) is 3.94. The van der Waals surface area contributed by atoms with Crippen molar-refractivity contribution in [2.45, 2.75) is 30.8 Å². The highest BCUT2D eigenvalue weighted by atomic mass is 16.5. The number of hydrogen-bond donors (Lipinski definition) is 1. The predicted molar refractivity (Wildman–Crippen MR) is 136 cm³/mol. The maximum atomic E-state index is 13.3. The van der Waals surface area contributed by atoms with E-state index in [-0.39, 0.29) is 17.9 Å². The molecule has 0 radical (unpaired) electrons. The van der Waals surface area contributed by atoms with Gasteiger partial charge in [0.1, 0.15) is 0 Å². The number of carbonyl (C=O) groups excluding carboxylic acids is 2. The molecule has 1 fully saturated rings. The maximum absolute atomic E-state index is 13.3. The molecule has 4 heterocycles. The van der Waals surface area contributed by atoms with Gasteiger partial charge in [0.2, 0.25) is 11.8 Å². The number of amides is 2. The van der Waals surface area contributed by atoms with Crippen molar-refractivity contribution < 1.29 is 14.3 Å². The van der Waals surface area contributed by atoms with E-state index in [1.54, 1.807) is 0 Å². The van der Waals surface area contributed by atoms with Gasteiger partial charge in [-0.3, -0.25) is 14.9 Å². The zero-order valence-corrected chi connectivity index (χ0v) is 20.1. The minimum Gasteiger partial charge on any atom is -0.380 e.